The third-order valence-electron chi connectivity index (χ3n) is 2.85. The Morgan fingerprint density at radius 2 is 2.10 bits per heavy atom. The summed E-state index contributed by atoms with van der Waals surface area (Å²) in [6.07, 6.45) is -3.04. The number of anilines is 1. The van der Waals surface area contributed by atoms with E-state index in [2.05, 4.69) is 21.2 Å². The monoisotopic (exact) mass is 362 g/mol. The lowest BCUT2D eigenvalue weighted by atomic mass is 10.0. The molecule has 0 heterocycles. The summed E-state index contributed by atoms with van der Waals surface area (Å²) in [5.41, 5.74) is -2.19. The molecular weight excluding hydrogens is 349 g/mol. The van der Waals surface area contributed by atoms with Crippen molar-refractivity contribution < 1.29 is 18.3 Å². The molecule has 0 fully saturated rings. The highest BCUT2D eigenvalue weighted by atomic mass is 79.9. The zero-order valence-electron chi connectivity index (χ0n) is 11.4. The second-order valence-corrected chi connectivity index (χ2v) is 5.17. The molecule has 3 nitrogen and oxygen atoms in total. The van der Waals surface area contributed by atoms with Crippen LogP contribution in [0, 0.1) is 11.3 Å². The Morgan fingerprint density at radius 3 is 2.52 bits per heavy atom. The Morgan fingerprint density at radius 1 is 1.48 bits per heavy atom. The molecular formula is C14H14BrF3N2O. The fourth-order valence-corrected chi connectivity index (χ4v) is 2.00. The normalized spacial score (nSPS) is 15.2. The van der Waals surface area contributed by atoms with Gasteiger partial charge in [-0.15, -0.1) is 0 Å². The summed E-state index contributed by atoms with van der Waals surface area (Å²) in [6, 6.07) is 4.83. The maximum atomic E-state index is 12.9. The fraction of sp³-hybridized carbons (Fsp3) is 0.357. The van der Waals surface area contributed by atoms with Crippen LogP contribution in [0.2, 0.25) is 0 Å². The minimum atomic E-state index is -4.61. The van der Waals surface area contributed by atoms with E-state index < -0.39 is 22.9 Å². The lowest BCUT2D eigenvalue weighted by Crippen LogP contribution is -2.32. The molecule has 114 valence electrons. The number of rotatable bonds is 4. The SMILES string of the molecule is CC=C(Nc1ccc(C#N)c(C(F)(F)F)c1)[C@@](C)(O)CBr. The van der Waals surface area contributed by atoms with Crippen LogP contribution in [0.3, 0.4) is 0 Å². The van der Waals surface area contributed by atoms with Crippen LogP contribution in [0.4, 0.5) is 18.9 Å². The highest BCUT2D eigenvalue weighted by molar-refractivity contribution is 9.09. The molecule has 0 bridgehead atoms. The van der Waals surface area contributed by atoms with Crippen LogP contribution in [0.1, 0.15) is 25.0 Å². The van der Waals surface area contributed by atoms with Crippen molar-refractivity contribution in [3.63, 3.8) is 0 Å². The van der Waals surface area contributed by atoms with E-state index in [4.69, 9.17) is 5.26 Å². The van der Waals surface area contributed by atoms with Crippen molar-refractivity contribution in [2.75, 3.05) is 10.6 Å². The number of aliphatic hydroxyl groups is 1. The predicted molar refractivity (Wildman–Crippen MR) is 78.0 cm³/mol. The van der Waals surface area contributed by atoms with Crippen molar-refractivity contribution in [2.45, 2.75) is 25.6 Å². The van der Waals surface area contributed by atoms with E-state index >= 15 is 0 Å². The molecule has 7 heteroatoms. The molecule has 0 saturated heterocycles. The first-order valence-corrected chi connectivity index (χ1v) is 7.11. The lowest BCUT2D eigenvalue weighted by Gasteiger charge is -2.26. The summed E-state index contributed by atoms with van der Waals surface area (Å²) in [6.45, 7) is 3.19. The minimum Gasteiger partial charge on any atom is -0.383 e. The average molecular weight is 363 g/mol. The van der Waals surface area contributed by atoms with Crippen LogP contribution in [0.5, 0.6) is 0 Å². The molecule has 2 N–H and O–H groups in total. The number of hydrogen-bond acceptors (Lipinski definition) is 3. The number of nitrogens with one attached hydrogen (secondary N) is 1. The van der Waals surface area contributed by atoms with Crippen LogP contribution in [-0.2, 0) is 6.18 Å². The second kappa shape index (κ2) is 6.50. The van der Waals surface area contributed by atoms with Crippen LogP contribution in [0.25, 0.3) is 0 Å². The molecule has 0 aromatic heterocycles. The van der Waals surface area contributed by atoms with Gasteiger partial charge in [0.2, 0.25) is 0 Å². The van der Waals surface area contributed by atoms with Crippen molar-refractivity contribution in [2.24, 2.45) is 0 Å². The molecule has 0 aliphatic carbocycles. The molecule has 1 atom stereocenters. The van der Waals surface area contributed by atoms with Gasteiger partial charge in [0.25, 0.3) is 0 Å². The average Bonchev–Trinajstić information content (AvgIpc) is 2.43. The highest BCUT2D eigenvalue weighted by Crippen LogP contribution is 2.34. The molecule has 0 aliphatic rings. The van der Waals surface area contributed by atoms with Gasteiger partial charge in [0, 0.05) is 16.7 Å². The summed E-state index contributed by atoms with van der Waals surface area (Å²) in [5, 5.41) is 21.8. The molecule has 0 saturated carbocycles. The standard InChI is InChI=1S/C14H14BrF3N2O/c1-3-12(13(2,21)8-15)20-10-5-4-9(7-19)11(6-10)14(16,17)18/h3-6,20-21H,8H2,1-2H3/t13-/m0/s1. The van der Waals surface area contributed by atoms with E-state index in [-0.39, 0.29) is 11.0 Å². The molecule has 1 rings (SSSR count). The van der Waals surface area contributed by atoms with E-state index in [1.54, 1.807) is 13.0 Å². The summed E-state index contributed by atoms with van der Waals surface area (Å²) >= 11 is 3.14. The minimum absolute atomic E-state index is 0.149. The molecule has 0 unspecified atom stereocenters. The number of nitrogens with zero attached hydrogens (tertiary/aromatic N) is 1. The Hall–Kier alpha value is -1.52. The third-order valence-corrected chi connectivity index (χ3v) is 3.95. The van der Waals surface area contributed by atoms with Crippen LogP contribution < -0.4 is 5.32 Å². The number of halogens is 4. The largest absolute Gasteiger partial charge is 0.417 e. The summed E-state index contributed by atoms with van der Waals surface area (Å²) in [7, 11) is 0. The van der Waals surface area contributed by atoms with Gasteiger partial charge >= 0.3 is 6.18 Å². The zero-order valence-corrected chi connectivity index (χ0v) is 13.0. The van der Waals surface area contributed by atoms with Gasteiger partial charge in [-0.3, -0.25) is 0 Å². The highest BCUT2D eigenvalue weighted by Gasteiger charge is 2.34. The quantitative estimate of drug-likeness (QED) is 0.794. The second-order valence-electron chi connectivity index (χ2n) is 4.60. The van der Waals surface area contributed by atoms with E-state index in [1.165, 1.54) is 19.1 Å². The Kier molecular flexibility index (Phi) is 5.42. The first kappa shape index (κ1) is 17.5. The van der Waals surface area contributed by atoms with Gasteiger partial charge in [-0.25, -0.2) is 0 Å². The van der Waals surface area contributed by atoms with Gasteiger partial charge in [-0.05, 0) is 32.0 Å². The van der Waals surface area contributed by atoms with Crippen LogP contribution in [-0.4, -0.2) is 16.0 Å². The summed E-state index contributed by atoms with van der Waals surface area (Å²) in [4.78, 5) is 0. The molecule has 1 aromatic carbocycles. The summed E-state index contributed by atoms with van der Waals surface area (Å²) in [5.74, 6) is 0. The van der Waals surface area contributed by atoms with E-state index in [0.717, 1.165) is 12.1 Å². The predicted octanol–water partition coefficient (Wildman–Crippen LogP) is 4.04. The maximum Gasteiger partial charge on any atom is 0.417 e. The molecule has 0 amide bonds. The molecule has 0 radical (unpaired) electrons. The zero-order chi connectivity index (χ0) is 16.3. The Labute approximate surface area is 129 Å². The Balaban J connectivity index is 3.20. The van der Waals surface area contributed by atoms with Crippen molar-refractivity contribution in [1.82, 2.24) is 0 Å². The van der Waals surface area contributed by atoms with Gasteiger partial charge in [0.1, 0.15) is 5.60 Å². The van der Waals surface area contributed by atoms with Crippen molar-refractivity contribution in [3.8, 4) is 6.07 Å². The van der Waals surface area contributed by atoms with Crippen LogP contribution in [0.15, 0.2) is 30.0 Å². The Bertz CT molecular complexity index is 589. The number of benzene rings is 1. The number of allylic oxidation sites excluding steroid dienone is 1. The van der Waals surface area contributed by atoms with Crippen molar-refractivity contribution in [1.29, 1.82) is 5.26 Å². The topological polar surface area (TPSA) is 56.0 Å². The smallest absolute Gasteiger partial charge is 0.383 e. The van der Waals surface area contributed by atoms with Gasteiger partial charge in [-0.2, -0.15) is 18.4 Å². The molecule has 21 heavy (non-hydrogen) atoms. The van der Waals surface area contributed by atoms with Crippen LogP contribution >= 0.6 is 15.9 Å². The number of alkyl halides is 4. The maximum absolute atomic E-state index is 12.9. The van der Waals surface area contributed by atoms with Crippen molar-refractivity contribution >= 4 is 21.6 Å². The van der Waals surface area contributed by atoms with E-state index in [0.29, 0.717) is 5.70 Å². The first-order chi connectivity index (χ1) is 9.65. The van der Waals surface area contributed by atoms with Gasteiger partial charge in [0.05, 0.1) is 17.2 Å². The van der Waals surface area contributed by atoms with E-state index in [9.17, 15) is 18.3 Å². The van der Waals surface area contributed by atoms with Gasteiger partial charge in [0.15, 0.2) is 0 Å². The molecule has 0 aliphatic heterocycles. The third kappa shape index (κ3) is 4.22. The molecule has 1 aromatic rings. The lowest BCUT2D eigenvalue weighted by molar-refractivity contribution is -0.137. The molecule has 0 spiro atoms. The number of nitriles is 1. The van der Waals surface area contributed by atoms with Gasteiger partial charge in [-0.1, -0.05) is 22.0 Å². The van der Waals surface area contributed by atoms with E-state index in [1.807, 2.05) is 0 Å². The van der Waals surface area contributed by atoms with Gasteiger partial charge < -0.3 is 10.4 Å². The van der Waals surface area contributed by atoms with Crippen molar-refractivity contribution in [3.05, 3.63) is 41.1 Å². The fourth-order valence-electron chi connectivity index (χ4n) is 1.70. The number of hydrogen-bond donors (Lipinski definition) is 2. The first-order valence-electron chi connectivity index (χ1n) is 5.99. The summed E-state index contributed by atoms with van der Waals surface area (Å²) < 4.78 is 38.7.